The molecule has 0 radical (unpaired) electrons. The van der Waals surface area contributed by atoms with Gasteiger partial charge in [0.05, 0.1) is 7.11 Å². The van der Waals surface area contributed by atoms with Crippen molar-refractivity contribution in [1.29, 1.82) is 0 Å². The van der Waals surface area contributed by atoms with Crippen molar-refractivity contribution >= 4 is 11.6 Å². The molecule has 0 spiro atoms. The first-order valence-corrected chi connectivity index (χ1v) is 9.57. The first-order chi connectivity index (χ1) is 13.2. The largest absolute Gasteiger partial charge is 0.497 e. The van der Waals surface area contributed by atoms with Gasteiger partial charge in [-0.15, -0.1) is 0 Å². The SMILES string of the molecule is CN=C(NCc1ccccc1C)NCC1CCN(c2cccc(OC)c2)C1. The van der Waals surface area contributed by atoms with E-state index in [-0.39, 0.29) is 0 Å². The summed E-state index contributed by atoms with van der Waals surface area (Å²) in [5.41, 5.74) is 3.83. The number of aliphatic imine (C=N–C) groups is 1. The van der Waals surface area contributed by atoms with Crippen molar-refractivity contribution < 1.29 is 4.74 Å². The topological polar surface area (TPSA) is 48.9 Å². The third-order valence-electron chi connectivity index (χ3n) is 5.19. The zero-order valence-corrected chi connectivity index (χ0v) is 16.5. The van der Waals surface area contributed by atoms with Crippen molar-refractivity contribution in [3.05, 3.63) is 59.7 Å². The summed E-state index contributed by atoms with van der Waals surface area (Å²) >= 11 is 0. The summed E-state index contributed by atoms with van der Waals surface area (Å²) in [5.74, 6) is 2.38. The fraction of sp³-hybridized carbons (Fsp3) is 0.409. The molecule has 2 N–H and O–H groups in total. The molecule has 1 aliphatic heterocycles. The molecule has 0 amide bonds. The molecule has 1 atom stereocenters. The van der Waals surface area contributed by atoms with Gasteiger partial charge in [0, 0.05) is 45.0 Å². The van der Waals surface area contributed by atoms with Gasteiger partial charge in [-0.25, -0.2) is 0 Å². The molecule has 0 saturated carbocycles. The van der Waals surface area contributed by atoms with Crippen LogP contribution in [0, 0.1) is 12.8 Å². The molecule has 1 saturated heterocycles. The first kappa shape index (κ1) is 19.1. The summed E-state index contributed by atoms with van der Waals surface area (Å²) in [7, 11) is 3.54. The zero-order valence-electron chi connectivity index (χ0n) is 16.5. The van der Waals surface area contributed by atoms with E-state index in [1.807, 2.05) is 13.1 Å². The number of hydrogen-bond acceptors (Lipinski definition) is 3. The fourth-order valence-corrected chi connectivity index (χ4v) is 3.49. The molecule has 5 nitrogen and oxygen atoms in total. The van der Waals surface area contributed by atoms with E-state index in [1.165, 1.54) is 23.2 Å². The highest BCUT2D eigenvalue weighted by molar-refractivity contribution is 5.79. The molecule has 1 unspecified atom stereocenters. The number of ether oxygens (including phenoxy) is 1. The standard InChI is InChI=1S/C22H30N4O/c1-17-7-4-5-8-19(17)15-25-22(23-2)24-14-18-11-12-26(16-18)20-9-6-10-21(13-20)27-3/h4-10,13,18H,11-12,14-16H2,1-3H3,(H2,23,24,25). The van der Waals surface area contributed by atoms with Crippen LogP contribution < -0.4 is 20.3 Å². The molecule has 3 rings (SSSR count). The fourth-order valence-electron chi connectivity index (χ4n) is 3.49. The van der Waals surface area contributed by atoms with Crippen molar-refractivity contribution in [3.8, 4) is 5.75 Å². The second-order valence-electron chi connectivity index (χ2n) is 7.04. The molecule has 2 aromatic carbocycles. The van der Waals surface area contributed by atoms with Crippen LogP contribution in [0.15, 0.2) is 53.5 Å². The molecule has 0 aromatic heterocycles. The Labute approximate surface area is 162 Å². The van der Waals surface area contributed by atoms with Crippen LogP contribution in [0.4, 0.5) is 5.69 Å². The van der Waals surface area contributed by atoms with Crippen LogP contribution in [0.1, 0.15) is 17.5 Å². The average molecular weight is 367 g/mol. The quantitative estimate of drug-likeness (QED) is 0.609. The Morgan fingerprint density at radius 3 is 2.81 bits per heavy atom. The van der Waals surface area contributed by atoms with Crippen molar-refractivity contribution in [1.82, 2.24) is 10.6 Å². The van der Waals surface area contributed by atoms with Gasteiger partial charge in [0.25, 0.3) is 0 Å². The summed E-state index contributed by atoms with van der Waals surface area (Å²) in [6, 6.07) is 16.7. The molecular weight excluding hydrogens is 336 g/mol. The highest BCUT2D eigenvalue weighted by Crippen LogP contribution is 2.26. The Hall–Kier alpha value is -2.69. The minimum absolute atomic E-state index is 0.605. The van der Waals surface area contributed by atoms with Crippen molar-refractivity contribution in [2.24, 2.45) is 10.9 Å². The minimum atomic E-state index is 0.605. The monoisotopic (exact) mass is 366 g/mol. The van der Waals surface area contributed by atoms with Crippen molar-refractivity contribution in [3.63, 3.8) is 0 Å². The minimum Gasteiger partial charge on any atom is -0.497 e. The second-order valence-corrected chi connectivity index (χ2v) is 7.04. The van der Waals surface area contributed by atoms with E-state index in [4.69, 9.17) is 4.74 Å². The van der Waals surface area contributed by atoms with Crippen LogP contribution in [0.25, 0.3) is 0 Å². The molecule has 27 heavy (non-hydrogen) atoms. The van der Waals surface area contributed by atoms with Gasteiger partial charge in [-0.3, -0.25) is 4.99 Å². The first-order valence-electron chi connectivity index (χ1n) is 9.57. The van der Waals surface area contributed by atoms with E-state index in [2.05, 4.69) is 69.9 Å². The van der Waals surface area contributed by atoms with Crippen molar-refractivity contribution in [2.75, 3.05) is 38.7 Å². The van der Waals surface area contributed by atoms with E-state index in [1.54, 1.807) is 7.11 Å². The highest BCUT2D eigenvalue weighted by Gasteiger charge is 2.23. The summed E-state index contributed by atoms with van der Waals surface area (Å²) in [6.07, 6.45) is 1.18. The van der Waals surface area contributed by atoms with Gasteiger partial charge in [0.2, 0.25) is 0 Å². The zero-order chi connectivity index (χ0) is 19.1. The molecule has 5 heteroatoms. The Balaban J connectivity index is 1.47. The molecule has 144 valence electrons. The number of nitrogens with one attached hydrogen (secondary N) is 2. The van der Waals surface area contributed by atoms with E-state index in [0.29, 0.717) is 5.92 Å². The van der Waals surface area contributed by atoms with E-state index in [9.17, 15) is 0 Å². The normalized spacial score (nSPS) is 17.1. The van der Waals surface area contributed by atoms with E-state index in [0.717, 1.165) is 37.9 Å². The van der Waals surface area contributed by atoms with Gasteiger partial charge >= 0.3 is 0 Å². The predicted molar refractivity (Wildman–Crippen MR) is 113 cm³/mol. The highest BCUT2D eigenvalue weighted by atomic mass is 16.5. The lowest BCUT2D eigenvalue weighted by Crippen LogP contribution is -2.40. The third kappa shape index (κ3) is 5.16. The lowest BCUT2D eigenvalue weighted by molar-refractivity contribution is 0.415. The molecule has 1 fully saturated rings. The van der Waals surface area contributed by atoms with Gasteiger partial charge in [-0.1, -0.05) is 30.3 Å². The van der Waals surface area contributed by atoms with Gasteiger partial charge in [-0.2, -0.15) is 0 Å². The van der Waals surface area contributed by atoms with Crippen LogP contribution in [0.2, 0.25) is 0 Å². The predicted octanol–water partition coefficient (Wildman–Crippen LogP) is 3.20. The number of anilines is 1. The Bertz CT molecular complexity index is 774. The van der Waals surface area contributed by atoms with Crippen molar-refractivity contribution in [2.45, 2.75) is 19.9 Å². The van der Waals surface area contributed by atoms with Crippen LogP contribution in [-0.2, 0) is 6.54 Å². The molecule has 0 bridgehead atoms. The average Bonchev–Trinajstić information content (AvgIpc) is 3.18. The van der Waals surface area contributed by atoms with Crippen LogP contribution in [-0.4, -0.2) is 39.8 Å². The van der Waals surface area contributed by atoms with Crippen LogP contribution >= 0.6 is 0 Å². The van der Waals surface area contributed by atoms with Gasteiger partial charge in [0.1, 0.15) is 5.75 Å². The Morgan fingerprint density at radius 1 is 1.19 bits per heavy atom. The number of methoxy groups -OCH3 is 1. The maximum absolute atomic E-state index is 5.34. The smallest absolute Gasteiger partial charge is 0.191 e. The van der Waals surface area contributed by atoms with Gasteiger partial charge < -0.3 is 20.3 Å². The second kappa shape index (κ2) is 9.31. The summed E-state index contributed by atoms with van der Waals surface area (Å²) in [5, 5.41) is 6.90. The van der Waals surface area contributed by atoms with Gasteiger partial charge in [-0.05, 0) is 42.5 Å². The van der Waals surface area contributed by atoms with E-state index < -0.39 is 0 Å². The summed E-state index contributed by atoms with van der Waals surface area (Å²) in [6.45, 7) is 5.98. The van der Waals surface area contributed by atoms with E-state index >= 15 is 0 Å². The number of rotatable bonds is 6. The summed E-state index contributed by atoms with van der Waals surface area (Å²) < 4.78 is 5.34. The number of guanidine groups is 1. The Kier molecular flexibility index (Phi) is 6.58. The third-order valence-corrected chi connectivity index (χ3v) is 5.19. The molecule has 1 aliphatic rings. The molecule has 1 heterocycles. The van der Waals surface area contributed by atoms with Gasteiger partial charge in [0.15, 0.2) is 5.96 Å². The Morgan fingerprint density at radius 2 is 2.04 bits per heavy atom. The maximum atomic E-state index is 5.34. The molecule has 0 aliphatic carbocycles. The molecule has 2 aromatic rings. The lowest BCUT2D eigenvalue weighted by Gasteiger charge is -2.20. The number of benzene rings is 2. The molecular formula is C22H30N4O. The summed E-state index contributed by atoms with van der Waals surface area (Å²) in [4.78, 5) is 6.79. The lowest BCUT2D eigenvalue weighted by atomic mass is 10.1. The maximum Gasteiger partial charge on any atom is 0.191 e. The number of hydrogen-bond donors (Lipinski definition) is 2. The number of nitrogens with zero attached hydrogens (tertiary/aromatic N) is 2. The van der Waals surface area contributed by atoms with Crippen LogP contribution in [0.3, 0.4) is 0 Å². The van der Waals surface area contributed by atoms with Crippen LogP contribution in [0.5, 0.6) is 5.75 Å². The number of aryl methyl sites for hydroxylation is 1.